The number of nitrogens with zero attached hydrogens (tertiary/aromatic N) is 3. The molecule has 2 aromatic rings. The van der Waals surface area contributed by atoms with Crippen molar-refractivity contribution < 1.29 is 14.3 Å². The van der Waals surface area contributed by atoms with Gasteiger partial charge in [-0.3, -0.25) is 9.69 Å². The Balaban J connectivity index is 1.72. The largest absolute Gasteiger partial charge is 0.480 e. The topological polar surface area (TPSA) is 79.5 Å². The summed E-state index contributed by atoms with van der Waals surface area (Å²) in [5, 5.41) is 19.0. The van der Waals surface area contributed by atoms with E-state index >= 15 is 0 Å². The van der Waals surface area contributed by atoms with Crippen molar-refractivity contribution in [2.75, 3.05) is 6.54 Å². The van der Waals surface area contributed by atoms with E-state index in [1.807, 2.05) is 22.4 Å². The summed E-state index contributed by atoms with van der Waals surface area (Å²) in [7, 11) is 0. The highest BCUT2D eigenvalue weighted by atomic mass is 32.1. The number of aliphatic carboxylic acids is 1. The van der Waals surface area contributed by atoms with Crippen molar-refractivity contribution >= 4 is 17.3 Å². The van der Waals surface area contributed by atoms with Crippen LogP contribution in [0.5, 0.6) is 0 Å². The number of hydrogen-bond acceptors (Lipinski definition) is 6. The van der Waals surface area contributed by atoms with Crippen molar-refractivity contribution in [3.05, 3.63) is 23.4 Å². The van der Waals surface area contributed by atoms with E-state index in [1.54, 1.807) is 0 Å². The maximum Gasteiger partial charge on any atom is 0.320 e. The first-order valence-electron chi connectivity index (χ1n) is 6.07. The van der Waals surface area contributed by atoms with Gasteiger partial charge in [-0.25, -0.2) is 0 Å². The van der Waals surface area contributed by atoms with E-state index in [1.165, 1.54) is 11.3 Å². The molecule has 19 heavy (non-hydrogen) atoms. The molecule has 0 amide bonds. The third kappa shape index (κ3) is 2.52. The van der Waals surface area contributed by atoms with Gasteiger partial charge in [0.15, 0.2) is 0 Å². The molecule has 1 unspecified atom stereocenters. The summed E-state index contributed by atoms with van der Waals surface area (Å²) in [5.41, 5.74) is 0. The van der Waals surface area contributed by atoms with E-state index < -0.39 is 12.0 Å². The smallest absolute Gasteiger partial charge is 0.320 e. The molecule has 1 N–H and O–H groups in total. The molecule has 0 aromatic carbocycles. The molecule has 1 aliphatic rings. The molecule has 1 aliphatic heterocycles. The molecule has 1 saturated heterocycles. The van der Waals surface area contributed by atoms with Gasteiger partial charge in [0.05, 0.1) is 11.4 Å². The molecule has 6 nitrogen and oxygen atoms in total. The van der Waals surface area contributed by atoms with Crippen LogP contribution in [-0.4, -0.2) is 38.8 Å². The minimum absolute atomic E-state index is 0.398. The van der Waals surface area contributed by atoms with Crippen LogP contribution in [-0.2, 0) is 11.3 Å². The number of rotatable bonds is 4. The fourth-order valence-corrected chi connectivity index (χ4v) is 2.93. The van der Waals surface area contributed by atoms with Gasteiger partial charge in [-0.1, -0.05) is 6.07 Å². The Labute approximate surface area is 113 Å². The van der Waals surface area contributed by atoms with Crippen LogP contribution in [0.1, 0.15) is 18.7 Å². The Morgan fingerprint density at radius 2 is 2.47 bits per heavy atom. The number of carboxylic acids is 1. The van der Waals surface area contributed by atoms with Gasteiger partial charge in [-0.2, -0.15) is 0 Å². The summed E-state index contributed by atoms with van der Waals surface area (Å²) in [5.74, 6) is 0.183. The Kier molecular flexibility index (Phi) is 3.31. The predicted octanol–water partition coefficient (Wildman–Crippen LogP) is 1.85. The molecular weight excluding hydrogens is 266 g/mol. The fourth-order valence-electron chi connectivity index (χ4n) is 2.29. The van der Waals surface area contributed by atoms with Gasteiger partial charge in [0.25, 0.3) is 5.89 Å². The van der Waals surface area contributed by atoms with Crippen molar-refractivity contribution in [1.82, 2.24) is 15.1 Å². The van der Waals surface area contributed by atoms with Crippen molar-refractivity contribution in [3.63, 3.8) is 0 Å². The zero-order valence-electron chi connectivity index (χ0n) is 10.2. The normalized spacial score (nSPS) is 19.9. The van der Waals surface area contributed by atoms with E-state index in [0.717, 1.165) is 17.8 Å². The van der Waals surface area contributed by atoms with E-state index in [4.69, 9.17) is 9.52 Å². The maximum absolute atomic E-state index is 11.1. The van der Waals surface area contributed by atoms with Crippen LogP contribution < -0.4 is 0 Å². The van der Waals surface area contributed by atoms with Gasteiger partial charge in [0, 0.05) is 0 Å². The second-order valence-electron chi connectivity index (χ2n) is 4.44. The molecule has 2 aromatic heterocycles. The monoisotopic (exact) mass is 279 g/mol. The summed E-state index contributed by atoms with van der Waals surface area (Å²) >= 11 is 1.53. The Bertz CT molecular complexity index is 567. The van der Waals surface area contributed by atoms with Gasteiger partial charge < -0.3 is 9.52 Å². The van der Waals surface area contributed by atoms with Crippen LogP contribution in [0.15, 0.2) is 21.9 Å². The first-order chi connectivity index (χ1) is 9.24. The second kappa shape index (κ2) is 5.10. The van der Waals surface area contributed by atoms with Crippen LogP contribution in [0, 0.1) is 0 Å². The number of thiophene rings is 1. The average Bonchev–Trinajstić information content (AvgIpc) is 3.09. The summed E-state index contributed by atoms with van der Waals surface area (Å²) < 4.78 is 5.57. The lowest BCUT2D eigenvalue weighted by Gasteiger charge is -2.18. The molecule has 1 fully saturated rings. The highest BCUT2D eigenvalue weighted by Gasteiger charge is 2.31. The van der Waals surface area contributed by atoms with Crippen LogP contribution in [0.2, 0.25) is 0 Å². The van der Waals surface area contributed by atoms with Crippen molar-refractivity contribution in [2.45, 2.75) is 25.4 Å². The van der Waals surface area contributed by atoms with Gasteiger partial charge in [0.1, 0.15) is 6.04 Å². The van der Waals surface area contributed by atoms with Crippen LogP contribution in [0.4, 0.5) is 0 Å². The zero-order valence-corrected chi connectivity index (χ0v) is 11.0. The lowest BCUT2D eigenvalue weighted by atomic mass is 10.2. The lowest BCUT2D eigenvalue weighted by Crippen LogP contribution is -2.35. The Morgan fingerprint density at radius 1 is 1.58 bits per heavy atom. The number of carbonyl (C=O) groups is 1. The molecule has 0 bridgehead atoms. The highest BCUT2D eigenvalue weighted by molar-refractivity contribution is 7.13. The standard InChI is InChI=1S/C12H13N3O3S/c16-12(17)8-3-1-5-15(8)7-10-13-14-11(18-10)9-4-2-6-19-9/h2,4,6,8H,1,3,5,7H2,(H,16,17). The first kappa shape index (κ1) is 12.3. The third-order valence-electron chi connectivity index (χ3n) is 3.19. The molecule has 0 radical (unpaired) electrons. The number of likely N-dealkylation sites (tertiary alicyclic amines) is 1. The maximum atomic E-state index is 11.1. The SMILES string of the molecule is O=C(O)C1CCCN1Cc1nnc(-c2cccs2)o1. The molecule has 3 rings (SSSR count). The quantitative estimate of drug-likeness (QED) is 0.920. The average molecular weight is 279 g/mol. The van der Waals surface area contributed by atoms with Crippen molar-refractivity contribution in [3.8, 4) is 10.8 Å². The summed E-state index contributed by atoms with van der Waals surface area (Å²) in [6, 6.07) is 3.40. The van der Waals surface area contributed by atoms with E-state index in [-0.39, 0.29) is 0 Å². The van der Waals surface area contributed by atoms with E-state index in [0.29, 0.717) is 24.7 Å². The molecule has 3 heterocycles. The number of carboxylic acid groups (broad SMARTS) is 1. The van der Waals surface area contributed by atoms with Gasteiger partial charge in [-0.15, -0.1) is 21.5 Å². The van der Waals surface area contributed by atoms with E-state index in [2.05, 4.69) is 10.2 Å². The van der Waals surface area contributed by atoms with Gasteiger partial charge >= 0.3 is 5.97 Å². The molecule has 0 saturated carbocycles. The van der Waals surface area contributed by atoms with Crippen molar-refractivity contribution in [1.29, 1.82) is 0 Å². The number of aromatic nitrogens is 2. The summed E-state index contributed by atoms with van der Waals surface area (Å²) in [6.45, 7) is 1.16. The van der Waals surface area contributed by atoms with Gasteiger partial charge in [0.2, 0.25) is 5.89 Å². The third-order valence-corrected chi connectivity index (χ3v) is 4.04. The fraction of sp³-hybridized carbons (Fsp3) is 0.417. The second-order valence-corrected chi connectivity index (χ2v) is 5.39. The lowest BCUT2D eigenvalue weighted by molar-refractivity contribution is -0.142. The molecule has 1 atom stereocenters. The number of hydrogen-bond donors (Lipinski definition) is 1. The molecule has 100 valence electrons. The van der Waals surface area contributed by atoms with E-state index in [9.17, 15) is 4.79 Å². The Morgan fingerprint density at radius 3 is 3.21 bits per heavy atom. The minimum Gasteiger partial charge on any atom is -0.480 e. The molecular formula is C12H13N3O3S. The van der Waals surface area contributed by atoms with Gasteiger partial charge in [-0.05, 0) is 30.8 Å². The molecule has 0 spiro atoms. The van der Waals surface area contributed by atoms with Crippen LogP contribution in [0.3, 0.4) is 0 Å². The van der Waals surface area contributed by atoms with Crippen LogP contribution >= 0.6 is 11.3 Å². The van der Waals surface area contributed by atoms with Crippen LogP contribution in [0.25, 0.3) is 10.8 Å². The van der Waals surface area contributed by atoms with Crippen molar-refractivity contribution in [2.24, 2.45) is 0 Å². The summed E-state index contributed by atoms with van der Waals surface area (Å²) in [4.78, 5) is 13.9. The zero-order chi connectivity index (χ0) is 13.2. The molecule has 7 heteroatoms. The Hall–Kier alpha value is -1.73. The highest BCUT2D eigenvalue weighted by Crippen LogP contribution is 2.25. The minimum atomic E-state index is -0.782. The first-order valence-corrected chi connectivity index (χ1v) is 6.95. The molecule has 0 aliphatic carbocycles. The summed E-state index contributed by atoms with van der Waals surface area (Å²) in [6.07, 6.45) is 1.57. The predicted molar refractivity (Wildman–Crippen MR) is 68.7 cm³/mol.